The fraction of sp³-hybridized carbons (Fsp3) is 1.00. The van der Waals surface area contributed by atoms with E-state index in [1.54, 1.807) is 11.8 Å². The zero-order valence-electron chi connectivity index (χ0n) is 8.81. The van der Waals surface area contributed by atoms with Crippen LogP contribution in [0.5, 0.6) is 0 Å². The first kappa shape index (κ1) is 13.3. The summed E-state index contributed by atoms with van der Waals surface area (Å²) in [5.41, 5.74) is 0. The van der Waals surface area contributed by atoms with Crippen LogP contribution in [0, 0.1) is 0 Å². The van der Waals surface area contributed by atoms with E-state index in [-0.39, 0.29) is 12.6 Å². The molecule has 0 aromatic carbocycles. The molecular formula is C9H19NO3S2. The van der Waals surface area contributed by atoms with Gasteiger partial charge in [0.05, 0.1) is 11.5 Å². The van der Waals surface area contributed by atoms with Crippen molar-refractivity contribution in [3.63, 3.8) is 0 Å². The summed E-state index contributed by atoms with van der Waals surface area (Å²) >= 11 is 1.79. The van der Waals surface area contributed by atoms with Crippen LogP contribution >= 0.6 is 11.8 Å². The normalized spacial score (nSPS) is 24.5. The van der Waals surface area contributed by atoms with Crippen LogP contribution in [0.4, 0.5) is 0 Å². The standard InChI is InChI=1S/C9H19NO3S2/c11-4-1-5-14-6-3-10-9-2-7-15(12,13)8-9/h9-11H,1-8H2. The van der Waals surface area contributed by atoms with Crippen molar-refractivity contribution in [2.24, 2.45) is 0 Å². The topological polar surface area (TPSA) is 66.4 Å². The van der Waals surface area contributed by atoms with Gasteiger partial charge in [0.15, 0.2) is 9.84 Å². The van der Waals surface area contributed by atoms with Crippen LogP contribution in [-0.2, 0) is 9.84 Å². The van der Waals surface area contributed by atoms with Gasteiger partial charge < -0.3 is 10.4 Å². The van der Waals surface area contributed by atoms with Crippen molar-refractivity contribution >= 4 is 21.6 Å². The third kappa shape index (κ3) is 5.75. The molecule has 0 spiro atoms. The molecule has 1 unspecified atom stereocenters. The van der Waals surface area contributed by atoms with Gasteiger partial charge in [0.2, 0.25) is 0 Å². The van der Waals surface area contributed by atoms with Gasteiger partial charge in [-0.05, 0) is 18.6 Å². The molecule has 0 aromatic heterocycles. The molecule has 1 atom stereocenters. The van der Waals surface area contributed by atoms with Crippen LogP contribution in [0.3, 0.4) is 0 Å². The van der Waals surface area contributed by atoms with Crippen LogP contribution in [0.15, 0.2) is 0 Å². The number of hydrogen-bond donors (Lipinski definition) is 2. The van der Waals surface area contributed by atoms with Crippen LogP contribution in [-0.4, -0.2) is 55.7 Å². The molecule has 6 heteroatoms. The quantitative estimate of drug-likeness (QED) is 0.619. The van der Waals surface area contributed by atoms with Gasteiger partial charge >= 0.3 is 0 Å². The number of aliphatic hydroxyl groups is 1. The summed E-state index contributed by atoms with van der Waals surface area (Å²) in [6.45, 7) is 1.11. The Morgan fingerprint density at radius 3 is 2.80 bits per heavy atom. The van der Waals surface area contributed by atoms with Crippen molar-refractivity contribution in [2.75, 3.05) is 36.2 Å². The highest BCUT2D eigenvalue weighted by Gasteiger charge is 2.26. The van der Waals surface area contributed by atoms with Gasteiger partial charge in [0.1, 0.15) is 0 Å². The van der Waals surface area contributed by atoms with Crippen LogP contribution in [0.25, 0.3) is 0 Å². The molecular weight excluding hydrogens is 234 g/mol. The van der Waals surface area contributed by atoms with Gasteiger partial charge in [-0.25, -0.2) is 8.42 Å². The average Bonchev–Trinajstić information content (AvgIpc) is 2.52. The smallest absolute Gasteiger partial charge is 0.151 e. The van der Waals surface area contributed by atoms with Gasteiger partial charge in [-0.1, -0.05) is 0 Å². The first-order valence-electron chi connectivity index (χ1n) is 5.26. The van der Waals surface area contributed by atoms with Gasteiger partial charge in [0, 0.05) is 24.9 Å². The second kappa shape index (κ2) is 6.73. The van der Waals surface area contributed by atoms with Crippen molar-refractivity contribution in [3.05, 3.63) is 0 Å². The van der Waals surface area contributed by atoms with E-state index in [1.165, 1.54) is 0 Å². The maximum absolute atomic E-state index is 11.1. The molecule has 1 saturated heterocycles. The maximum atomic E-state index is 11.1. The fourth-order valence-corrected chi connectivity index (χ4v) is 4.07. The number of nitrogens with one attached hydrogen (secondary N) is 1. The Kier molecular flexibility index (Phi) is 5.96. The molecule has 1 aliphatic rings. The van der Waals surface area contributed by atoms with Gasteiger partial charge in [-0.2, -0.15) is 11.8 Å². The van der Waals surface area contributed by atoms with Gasteiger partial charge in [0.25, 0.3) is 0 Å². The van der Waals surface area contributed by atoms with Crippen molar-refractivity contribution in [1.82, 2.24) is 5.32 Å². The zero-order chi connectivity index (χ0) is 11.1. The fourth-order valence-electron chi connectivity index (χ4n) is 1.56. The molecule has 0 radical (unpaired) electrons. The van der Waals surface area contributed by atoms with Gasteiger partial charge in [-0.15, -0.1) is 0 Å². The molecule has 0 amide bonds. The molecule has 0 saturated carbocycles. The summed E-state index contributed by atoms with van der Waals surface area (Å²) in [6, 6.07) is 0.161. The Morgan fingerprint density at radius 1 is 1.40 bits per heavy atom. The summed E-state index contributed by atoms with van der Waals surface area (Å²) in [6.07, 6.45) is 1.59. The second-order valence-corrected chi connectivity index (χ2v) is 7.20. The van der Waals surface area contributed by atoms with E-state index in [9.17, 15) is 8.42 Å². The number of thioether (sulfide) groups is 1. The lowest BCUT2D eigenvalue weighted by atomic mass is 10.3. The Morgan fingerprint density at radius 2 is 2.20 bits per heavy atom. The van der Waals surface area contributed by atoms with Crippen molar-refractivity contribution in [3.8, 4) is 0 Å². The minimum Gasteiger partial charge on any atom is -0.396 e. The summed E-state index contributed by atoms with van der Waals surface area (Å²) in [4.78, 5) is 0. The minimum absolute atomic E-state index is 0.161. The molecule has 0 aliphatic carbocycles. The Bertz CT molecular complexity index is 267. The lowest BCUT2D eigenvalue weighted by Crippen LogP contribution is -2.31. The van der Waals surface area contributed by atoms with Crippen LogP contribution in [0.1, 0.15) is 12.8 Å². The molecule has 2 N–H and O–H groups in total. The van der Waals surface area contributed by atoms with E-state index >= 15 is 0 Å². The Balaban J connectivity index is 1.97. The monoisotopic (exact) mass is 253 g/mol. The molecule has 15 heavy (non-hydrogen) atoms. The lowest BCUT2D eigenvalue weighted by molar-refractivity contribution is 0.296. The van der Waals surface area contributed by atoms with Crippen LogP contribution < -0.4 is 5.32 Å². The molecule has 1 heterocycles. The minimum atomic E-state index is -2.75. The van der Waals surface area contributed by atoms with E-state index in [2.05, 4.69) is 5.32 Å². The molecule has 0 bridgehead atoms. The van der Waals surface area contributed by atoms with E-state index in [0.717, 1.165) is 30.9 Å². The van der Waals surface area contributed by atoms with E-state index in [1.807, 2.05) is 0 Å². The third-order valence-electron chi connectivity index (χ3n) is 2.36. The highest BCUT2D eigenvalue weighted by Crippen LogP contribution is 2.11. The third-order valence-corrected chi connectivity index (χ3v) is 5.20. The Labute approximate surface area is 95.7 Å². The SMILES string of the molecule is O=S1(=O)CCC(NCCSCCCO)C1. The van der Waals surface area contributed by atoms with E-state index < -0.39 is 9.84 Å². The maximum Gasteiger partial charge on any atom is 0.151 e. The molecule has 1 aliphatic heterocycles. The highest BCUT2D eigenvalue weighted by atomic mass is 32.2. The number of hydrogen-bond acceptors (Lipinski definition) is 5. The molecule has 0 aromatic rings. The summed E-state index contributed by atoms with van der Waals surface area (Å²) in [5.74, 6) is 2.59. The second-order valence-electron chi connectivity index (χ2n) is 3.74. The molecule has 90 valence electrons. The molecule has 4 nitrogen and oxygen atoms in total. The van der Waals surface area contributed by atoms with Gasteiger partial charge in [-0.3, -0.25) is 0 Å². The largest absolute Gasteiger partial charge is 0.396 e. The van der Waals surface area contributed by atoms with Crippen molar-refractivity contribution in [1.29, 1.82) is 0 Å². The summed E-state index contributed by atoms with van der Waals surface area (Å²) in [7, 11) is -2.75. The number of rotatable bonds is 7. The van der Waals surface area contributed by atoms with E-state index in [4.69, 9.17) is 5.11 Å². The predicted molar refractivity (Wildman–Crippen MR) is 64.1 cm³/mol. The Hall–Kier alpha value is 0.220. The van der Waals surface area contributed by atoms with Crippen molar-refractivity contribution < 1.29 is 13.5 Å². The average molecular weight is 253 g/mol. The summed E-state index contributed by atoms with van der Waals surface area (Å²) in [5, 5.41) is 11.8. The van der Waals surface area contributed by atoms with Crippen LogP contribution in [0.2, 0.25) is 0 Å². The first-order valence-corrected chi connectivity index (χ1v) is 8.24. The van der Waals surface area contributed by atoms with E-state index in [0.29, 0.717) is 11.5 Å². The highest BCUT2D eigenvalue weighted by molar-refractivity contribution is 7.99. The zero-order valence-corrected chi connectivity index (χ0v) is 10.4. The lowest BCUT2D eigenvalue weighted by Gasteiger charge is -2.09. The number of aliphatic hydroxyl groups excluding tert-OH is 1. The predicted octanol–water partition coefficient (Wildman–Crippen LogP) is -0.121. The molecule has 1 rings (SSSR count). The first-order chi connectivity index (χ1) is 7.14. The van der Waals surface area contributed by atoms with Crippen molar-refractivity contribution in [2.45, 2.75) is 18.9 Å². The molecule has 1 fully saturated rings. The number of sulfone groups is 1. The summed E-state index contributed by atoms with van der Waals surface area (Å²) < 4.78 is 22.3.